The molecule has 1 aromatic carbocycles. The molecule has 0 atom stereocenters. The third kappa shape index (κ3) is 2.65. The number of esters is 1. The molecule has 1 N–H and O–H groups in total. The Labute approximate surface area is 76.7 Å². The number of ether oxygens (including phenoxy) is 1. The van der Waals surface area contributed by atoms with Gasteiger partial charge in [-0.05, 0) is 12.1 Å². The normalized spacial score (nSPS) is 11.1. The van der Waals surface area contributed by atoms with Gasteiger partial charge in [-0.1, -0.05) is 6.07 Å². The molecule has 0 bridgehead atoms. The third-order valence-corrected chi connectivity index (χ3v) is 1.26. The average molecular weight is 206 g/mol. The summed E-state index contributed by atoms with van der Waals surface area (Å²) in [5.74, 6) is -2.95. The molecule has 0 spiro atoms. The SMILES string of the molecule is O=C(Oc1cccc(O)c1)C(F)(F)F. The molecule has 0 radical (unpaired) electrons. The lowest BCUT2D eigenvalue weighted by molar-refractivity contribution is -0.189. The first kappa shape index (κ1) is 10.4. The molecule has 0 amide bonds. The summed E-state index contributed by atoms with van der Waals surface area (Å²) >= 11 is 0. The number of alkyl halides is 3. The molecule has 0 heterocycles. The molecule has 6 heteroatoms. The molecule has 0 aromatic heterocycles. The zero-order chi connectivity index (χ0) is 10.8. The number of phenolic OH excluding ortho intramolecular Hbond substituents is 1. The van der Waals surface area contributed by atoms with E-state index in [2.05, 4.69) is 4.74 Å². The van der Waals surface area contributed by atoms with Crippen LogP contribution in [0.15, 0.2) is 24.3 Å². The van der Waals surface area contributed by atoms with Gasteiger partial charge in [0.2, 0.25) is 0 Å². The van der Waals surface area contributed by atoms with Gasteiger partial charge < -0.3 is 9.84 Å². The Morgan fingerprint density at radius 1 is 1.36 bits per heavy atom. The van der Waals surface area contributed by atoms with Gasteiger partial charge in [0.05, 0.1) is 0 Å². The van der Waals surface area contributed by atoms with E-state index in [1.54, 1.807) is 0 Å². The number of aromatic hydroxyl groups is 1. The lowest BCUT2D eigenvalue weighted by atomic mass is 10.3. The predicted molar refractivity (Wildman–Crippen MR) is 39.8 cm³/mol. The highest BCUT2D eigenvalue weighted by molar-refractivity contribution is 5.78. The van der Waals surface area contributed by atoms with E-state index in [-0.39, 0.29) is 11.5 Å². The molecular weight excluding hydrogens is 201 g/mol. The maximum absolute atomic E-state index is 11.7. The van der Waals surface area contributed by atoms with E-state index in [0.29, 0.717) is 0 Å². The van der Waals surface area contributed by atoms with Crippen molar-refractivity contribution in [3.63, 3.8) is 0 Å². The van der Waals surface area contributed by atoms with Gasteiger partial charge in [-0.2, -0.15) is 13.2 Å². The van der Waals surface area contributed by atoms with E-state index in [9.17, 15) is 18.0 Å². The summed E-state index contributed by atoms with van der Waals surface area (Å²) in [6, 6.07) is 4.53. The molecule has 14 heavy (non-hydrogen) atoms. The molecule has 3 nitrogen and oxygen atoms in total. The molecule has 1 rings (SSSR count). The van der Waals surface area contributed by atoms with E-state index in [1.165, 1.54) is 12.1 Å². The molecule has 0 saturated carbocycles. The number of hydrogen-bond acceptors (Lipinski definition) is 3. The van der Waals surface area contributed by atoms with E-state index in [1.807, 2.05) is 0 Å². The van der Waals surface area contributed by atoms with Crippen molar-refractivity contribution in [1.82, 2.24) is 0 Å². The Morgan fingerprint density at radius 2 is 2.00 bits per heavy atom. The number of rotatable bonds is 1. The molecule has 0 unspecified atom stereocenters. The van der Waals surface area contributed by atoms with Crippen molar-refractivity contribution >= 4 is 5.97 Å². The Hall–Kier alpha value is -1.72. The van der Waals surface area contributed by atoms with E-state index < -0.39 is 12.1 Å². The van der Waals surface area contributed by atoms with E-state index in [4.69, 9.17) is 5.11 Å². The molecule has 0 aliphatic rings. The minimum absolute atomic E-state index is 0.280. The highest BCUT2D eigenvalue weighted by Crippen LogP contribution is 2.22. The van der Waals surface area contributed by atoms with Crippen LogP contribution in [-0.2, 0) is 4.79 Å². The number of carbonyl (C=O) groups is 1. The maximum Gasteiger partial charge on any atom is 0.491 e. The van der Waals surface area contributed by atoms with Gasteiger partial charge in [-0.15, -0.1) is 0 Å². The van der Waals surface area contributed by atoms with Crippen molar-refractivity contribution in [3.8, 4) is 11.5 Å². The summed E-state index contributed by atoms with van der Waals surface area (Å²) in [5.41, 5.74) is 0. The van der Waals surface area contributed by atoms with Crippen LogP contribution in [0.4, 0.5) is 13.2 Å². The highest BCUT2D eigenvalue weighted by atomic mass is 19.4. The maximum atomic E-state index is 11.7. The molecular formula is C8H5F3O3. The number of carbonyl (C=O) groups excluding carboxylic acids is 1. The minimum atomic E-state index is -5.04. The smallest absolute Gasteiger partial charge is 0.491 e. The molecule has 0 fully saturated rings. The molecule has 1 aromatic rings. The molecule has 76 valence electrons. The van der Waals surface area contributed by atoms with Crippen LogP contribution in [0.2, 0.25) is 0 Å². The second kappa shape index (κ2) is 3.57. The first-order chi connectivity index (χ1) is 6.39. The molecule has 0 aliphatic heterocycles. The van der Waals surface area contributed by atoms with Crippen LogP contribution in [0.5, 0.6) is 11.5 Å². The van der Waals surface area contributed by atoms with Gasteiger partial charge in [0.1, 0.15) is 11.5 Å². The Bertz CT molecular complexity index is 346. The van der Waals surface area contributed by atoms with Crippen LogP contribution < -0.4 is 4.74 Å². The number of hydrogen-bond donors (Lipinski definition) is 1. The van der Waals surface area contributed by atoms with Crippen molar-refractivity contribution in [3.05, 3.63) is 24.3 Å². The monoisotopic (exact) mass is 206 g/mol. The second-order valence-electron chi connectivity index (χ2n) is 2.38. The first-order valence-electron chi connectivity index (χ1n) is 3.47. The fourth-order valence-electron chi connectivity index (χ4n) is 0.712. The van der Waals surface area contributed by atoms with Crippen LogP contribution in [-0.4, -0.2) is 17.3 Å². The fraction of sp³-hybridized carbons (Fsp3) is 0.125. The van der Waals surface area contributed by atoms with Gasteiger partial charge in [-0.3, -0.25) is 0 Å². The lowest BCUT2D eigenvalue weighted by Crippen LogP contribution is -2.27. The summed E-state index contributed by atoms with van der Waals surface area (Å²) in [6.07, 6.45) is -5.04. The predicted octanol–water partition coefficient (Wildman–Crippen LogP) is 1.86. The standard InChI is InChI=1S/C8H5F3O3/c9-8(10,11)7(13)14-6-3-1-2-5(12)4-6/h1-4,12H. The van der Waals surface area contributed by atoms with Crippen molar-refractivity contribution in [1.29, 1.82) is 0 Å². The third-order valence-electron chi connectivity index (χ3n) is 1.26. The largest absolute Gasteiger partial charge is 0.508 e. The van der Waals surface area contributed by atoms with Crippen molar-refractivity contribution in [2.45, 2.75) is 6.18 Å². The lowest BCUT2D eigenvalue weighted by Gasteiger charge is -2.06. The molecule has 0 saturated heterocycles. The van der Waals surface area contributed by atoms with E-state index in [0.717, 1.165) is 12.1 Å². The second-order valence-corrected chi connectivity index (χ2v) is 2.38. The van der Waals surface area contributed by atoms with Crippen LogP contribution in [0.25, 0.3) is 0 Å². The van der Waals surface area contributed by atoms with Crippen LogP contribution in [0.3, 0.4) is 0 Å². The highest BCUT2D eigenvalue weighted by Gasteiger charge is 2.41. The summed E-state index contributed by atoms with van der Waals surface area (Å²) in [4.78, 5) is 10.3. The molecule has 0 aliphatic carbocycles. The van der Waals surface area contributed by atoms with Crippen LogP contribution in [0, 0.1) is 0 Å². The summed E-state index contributed by atoms with van der Waals surface area (Å²) in [6.45, 7) is 0. The number of phenols is 1. The van der Waals surface area contributed by atoms with Gasteiger partial charge >= 0.3 is 12.1 Å². The summed E-state index contributed by atoms with van der Waals surface area (Å²) in [5, 5.41) is 8.86. The van der Waals surface area contributed by atoms with E-state index >= 15 is 0 Å². The number of halogens is 3. The van der Waals surface area contributed by atoms with Gasteiger partial charge in [0, 0.05) is 6.07 Å². The van der Waals surface area contributed by atoms with Crippen molar-refractivity contribution in [2.75, 3.05) is 0 Å². The first-order valence-corrected chi connectivity index (χ1v) is 3.47. The van der Waals surface area contributed by atoms with Crippen LogP contribution >= 0.6 is 0 Å². The Kier molecular flexibility index (Phi) is 2.64. The van der Waals surface area contributed by atoms with Gasteiger partial charge in [0.15, 0.2) is 0 Å². The van der Waals surface area contributed by atoms with Crippen molar-refractivity contribution in [2.24, 2.45) is 0 Å². The topological polar surface area (TPSA) is 46.5 Å². The Morgan fingerprint density at radius 3 is 2.50 bits per heavy atom. The van der Waals surface area contributed by atoms with Gasteiger partial charge in [-0.25, -0.2) is 4.79 Å². The minimum Gasteiger partial charge on any atom is -0.508 e. The summed E-state index contributed by atoms with van der Waals surface area (Å²) in [7, 11) is 0. The summed E-state index contributed by atoms with van der Waals surface area (Å²) < 4.78 is 39.0. The zero-order valence-corrected chi connectivity index (χ0v) is 6.71. The van der Waals surface area contributed by atoms with Gasteiger partial charge in [0.25, 0.3) is 0 Å². The Balaban J connectivity index is 2.75. The fourth-order valence-corrected chi connectivity index (χ4v) is 0.712. The van der Waals surface area contributed by atoms with Crippen LogP contribution in [0.1, 0.15) is 0 Å². The van der Waals surface area contributed by atoms with Crippen molar-refractivity contribution < 1.29 is 27.8 Å². The number of benzene rings is 1. The average Bonchev–Trinajstić information content (AvgIpc) is 2.02. The zero-order valence-electron chi connectivity index (χ0n) is 6.71. The quantitative estimate of drug-likeness (QED) is 0.563.